The molecule has 1 N–H and O–H groups in total. The molecule has 1 amide bonds. The highest BCUT2D eigenvalue weighted by Crippen LogP contribution is 2.26. The van der Waals surface area contributed by atoms with Crippen molar-refractivity contribution in [3.8, 4) is 0 Å². The molecule has 104 valence electrons. The number of nitrogens with one attached hydrogen (secondary N) is 1. The Balaban J connectivity index is 2.00. The first-order valence-corrected chi connectivity index (χ1v) is 7.28. The Morgan fingerprint density at radius 1 is 1.14 bits per heavy atom. The first-order chi connectivity index (χ1) is 10.1. The average Bonchev–Trinajstić information content (AvgIpc) is 2.47. The standard InChI is InChI=1S/C15H9BrClN3O/c16-13-7-10(3-5-18-13)15(21)20-12-8-11(17)6-9-2-1-4-19-14(9)12/h1-8H,(H,20,21). The maximum absolute atomic E-state index is 12.3. The number of carbonyl (C=O) groups is 1. The van der Waals surface area contributed by atoms with Gasteiger partial charge in [-0.2, -0.15) is 0 Å². The van der Waals surface area contributed by atoms with Gasteiger partial charge < -0.3 is 5.32 Å². The van der Waals surface area contributed by atoms with Crippen LogP contribution in [0.4, 0.5) is 5.69 Å². The molecule has 0 radical (unpaired) electrons. The fraction of sp³-hybridized carbons (Fsp3) is 0. The first kappa shape index (κ1) is 14.0. The molecular formula is C15H9BrClN3O. The molecule has 0 saturated carbocycles. The Bertz CT molecular complexity index is 838. The second-order valence-corrected chi connectivity index (χ2v) is 5.60. The highest BCUT2D eigenvalue weighted by Gasteiger charge is 2.10. The molecule has 2 aromatic heterocycles. The van der Waals surface area contributed by atoms with Gasteiger partial charge in [-0.25, -0.2) is 4.98 Å². The number of hydrogen-bond acceptors (Lipinski definition) is 3. The Morgan fingerprint density at radius 2 is 2.00 bits per heavy atom. The van der Waals surface area contributed by atoms with Crippen molar-refractivity contribution >= 4 is 50.0 Å². The number of anilines is 1. The van der Waals surface area contributed by atoms with E-state index in [0.717, 1.165) is 5.39 Å². The molecular weight excluding hydrogens is 354 g/mol. The normalized spacial score (nSPS) is 10.6. The minimum Gasteiger partial charge on any atom is -0.320 e. The highest BCUT2D eigenvalue weighted by molar-refractivity contribution is 9.10. The van der Waals surface area contributed by atoms with E-state index in [1.165, 1.54) is 0 Å². The van der Waals surface area contributed by atoms with Gasteiger partial charge in [-0.15, -0.1) is 0 Å². The van der Waals surface area contributed by atoms with Crippen LogP contribution in [-0.2, 0) is 0 Å². The third-order valence-electron chi connectivity index (χ3n) is 2.91. The summed E-state index contributed by atoms with van der Waals surface area (Å²) in [6.07, 6.45) is 3.24. The van der Waals surface area contributed by atoms with Gasteiger partial charge in [0.05, 0.1) is 11.2 Å². The van der Waals surface area contributed by atoms with Gasteiger partial charge >= 0.3 is 0 Å². The molecule has 3 rings (SSSR count). The molecule has 0 unspecified atom stereocenters. The van der Waals surface area contributed by atoms with Gasteiger partial charge in [0.1, 0.15) is 4.60 Å². The Hall–Kier alpha value is -1.98. The van der Waals surface area contributed by atoms with Crippen LogP contribution >= 0.6 is 27.5 Å². The van der Waals surface area contributed by atoms with Crippen molar-refractivity contribution in [1.82, 2.24) is 9.97 Å². The average molecular weight is 363 g/mol. The van der Waals surface area contributed by atoms with E-state index < -0.39 is 0 Å². The largest absolute Gasteiger partial charge is 0.320 e. The zero-order valence-corrected chi connectivity index (χ0v) is 13.0. The van der Waals surface area contributed by atoms with E-state index in [9.17, 15) is 4.79 Å². The molecule has 0 spiro atoms. The van der Waals surface area contributed by atoms with Crippen LogP contribution in [0.25, 0.3) is 10.9 Å². The molecule has 3 aromatic rings. The lowest BCUT2D eigenvalue weighted by Crippen LogP contribution is -2.12. The number of aromatic nitrogens is 2. The van der Waals surface area contributed by atoms with Crippen molar-refractivity contribution < 1.29 is 4.79 Å². The van der Waals surface area contributed by atoms with Crippen LogP contribution < -0.4 is 5.32 Å². The van der Waals surface area contributed by atoms with Crippen LogP contribution in [0, 0.1) is 0 Å². The Kier molecular flexibility index (Phi) is 3.86. The molecule has 0 aliphatic carbocycles. The zero-order valence-electron chi connectivity index (χ0n) is 10.7. The summed E-state index contributed by atoms with van der Waals surface area (Å²) < 4.78 is 0.601. The van der Waals surface area contributed by atoms with Crippen LogP contribution in [0.2, 0.25) is 5.02 Å². The molecule has 0 aliphatic heterocycles. The van der Waals surface area contributed by atoms with Gasteiger partial charge in [0, 0.05) is 28.4 Å². The molecule has 0 saturated heterocycles. The van der Waals surface area contributed by atoms with E-state index in [4.69, 9.17) is 11.6 Å². The number of hydrogen-bond donors (Lipinski definition) is 1. The second-order valence-electron chi connectivity index (χ2n) is 4.35. The van der Waals surface area contributed by atoms with E-state index in [1.807, 2.05) is 18.2 Å². The number of benzene rings is 1. The fourth-order valence-corrected chi connectivity index (χ4v) is 2.58. The van der Waals surface area contributed by atoms with Gasteiger partial charge in [-0.3, -0.25) is 9.78 Å². The van der Waals surface area contributed by atoms with Crippen LogP contribution in [0.1, 0.15) is 10.4 Å². The lowest BCUT2D eigenvalue weighted by molar-refractivity contribution is 0.102. The van der Waals surface area contributed by atoms with E-state index in [1.54, 1.807) is 30.6 Å². The smallest absolute Gasteiger partial charge is 0.255 e. The molecule has 4 nitrogen and oxygen atoms in total. The number of halogens is 2. The predicted octanol–water partition coefficient (Wildman–Crippen LogP) is 4.30. The highest BCUT2D eigenvalue weighted by atomic mass is 79.9. The topological polar surface area (TPSA) is 54.9 Å². The summed E-state index contributed by atoms with van der Waals surface area (Å²) in [5, 5.41) is 4.25. The van der Waals surface area contributed by atoms with Crippen molar-refractivity contribution in [2.75, 3.05) is 5.32 Å². The molecule has 1 aromatic carbocycles. The van der Waals surface area contributed by atoms with Crippen molar-refractivity contribution in [2.24, 2.45) is 0 Å². The summed E-state index contributed by atoms with van der Waals surface area (Å²) >= 11 is 9.32. The number of nitrogens with zero attached hydrogens (tertiary/aromatic N) is 2. The molecule has 0 bridgehead atoms. The van der Waals surface area contributed by atoms with Gasteiger partial charge in [-0.1, -0.05) is 17.7 Å². The van der Waals surface area contributed by atoms with E-state index in [-0.39, 0.29) is 5.91 Å². The monoisotopic (exact) mass is 361 g/mol. The lowest BCUT2D eigenvalue weighted by Gasteiger charge is -2.09. The summed E-state index contributed by atoms with van der Waals surface area (Å²) in [5.41, 5.74) is 1.78. The van der Waals surface area contributed by atoms with E-state index in [0.29, 0.717) is 26.4 Å². The summed E-state index contributed by atoms with van der Waals surface area (Å²) in [7, 11) is 0. The number of amides is 1. The quantitative estimate of drug-likeness (QED) is 0.692. The van der Waals surface area contributed by atoms with Crippen molar-refractivity contribution in [1.29, 1.82) is 0 Å². The summed E-state index contributed by atoms with van der Waals surface area (Å²) in [6.45, 7) is 0. The maximum Gasteiger partial charge on any atom is 0.255 e. The first-order valence-electron chi connectivity index (χ1n) is 6.11. The van der Waals surface area contributed by atoms with E-state index >= 15 is 0 Å². The molecule has 6 heteroatoms. The Labute approximate surface area is 134 Å². The molecule has 0 aliphatic rings. The van der Waals surface area contributed by atoms with Gasteiger partial charge in [0.25, 0.3) is 5.91 Å². The van der Waals surface area contributed by atoms with E-state index in [2.05, 4.69) is 31.2 Å². The zero-order chi connectivity index (χ0) is 14.8. The number of fused-ring (bicyclic) bond motifs is 1. The predicted molar refractivity (Wildman–Crippen MR) is 86.6 cm³/mol. The second kappa shape index (κ2) is 5.79. The van der Waals surface area contributed by atoms with Gasteiger partial charge in [0.2, 0.25) is 0 Å². The minimum atomic E-state index is -0.243. The molecule has 2 heterocycles. The summed E-state index contributed by atoms with van der Waals surface area (Å²) in [4.78, 5) is 20.6. The molecule has 0 fully saturated rings. The van der Waals surface area contributed by atoms with Crippen molar-refractivity contribution in [3.63, 3.8) is 0 Å². The van der Waals surface area contributed by atoms with Crippen molar-refractivity contribution in [3.05, 3.63) is 64.0 Å². The number of carbonyl (C=O) groups excluding carboxylic acids is 1. The maximum atomic E-state index is 12.3. The van der Waals surface area contributed by atoms with Crippen LogP contribution in [0.15, 0.2) is 53.4 Å². The van der Waals surface area contributed by atoms with Crippen LogP contribution in [0.3, 0.4) is 0 Å². The third-order valence-corrected chi connectivity index (χ3v) is 3.56. The summed E-state index contributed by atoms with van der Waals surface area (Å²) in [5.74, 6) is -0.243. The number of rotatable bonds is 2. The fourth-order valence-electron chi connectivity index (χ4n) is 1.99. The van der Waals surface area contributed by atoms with Crippen LogP contribution in [-0.4, -0.2) is 15.9 Å². The third kappa shape index (κ3) is 3.04. The van der Waals surface area contributed by atoms with Gasteiger partial charge in [0.15, 0.2) is 0 Å². The molecule has 0 atom stereocenters. The van der Waals surface area contributed by atoms with Crippen LogP contribution in [0.5, 0.6) is 0 Å². The summed E-state index contributed by atoms with van der Waals surface area (Å²) in [6, 6.07) is 10.5. The minimum absolute atomic E-state index is 0.243. The van der Waals surface area contributed by atoms with Gasteiger partial charge in [-0.05, 0) is 46.3 Å². The molecule has 21 heavy (non-hydrogen) atoms. The number of pyridine rings is 2. The van der Waals surface area contributed by atoms with Crippen molar-refractivity contribution in [2.45, 2.75) is 0 Å². The SMILES string of the molecule is O=C(Nc1cc(Cl)cc2cccnc12)c1ccnc(Br)c1. The Morgan fingerprint density at radius 3 is 2.81 bits per heavy atom. The lowest BCUT2D eigenvalue weighted by atomic mass is 10.2.